The number of alkyl halides is 5. The van der Waals surface area contributed by atoms with Gasteiger partial charge in [0.25, 0.3) is 0 Å². The lowest BCUT2D eigenvalue weighted by Crippen LogP contribution is -2.45. The highest BCUT2D eigenvalue weighted by Gasteiger charge is 2.62. The van der Waals surface area contributed by atoms with Crippen molar-refractivity contribution in [2.45, 2.75) is 83.2 Å². The molecule has 0 heterocycles. The number of esters is 1. The van der Waals surface area contributed by atoms with Gasteiger partial charge in [0.1, 0.15) is 0 Å². The molecule has 1 aromatic carbocycles. The lowest BCUT2D eigenvalue weighted by molar-refractivity contribution is -0.306. The molecule has 0 bridgehead atoms. The Labute approximate surface area is 173 Å². The molecule has 8 heteroatoms. The van der Waals surface area contributed by atoms with Gasteiger partial charge in [-0.05, 0) is 56.2 Å². The molecule has 0 aliphatic heterocycles. The summed E-state index contributed by atoms with van der Waals surface area (Å²) in [5.74, 6) is -9.18. The summed E-state index contributed by atoms with van der Waals surface area (Å²) < 4.78 is 83.7. The summed E-state index contributed by atoms with van der Waals surface area (Å²) >= 11 is 0. The number of unbranched alkanes of at least 4 members (excludes halogenated alkanes) is 4. The minimum Gasteiger partial charge on any atom is -0.423 e. The molecular formula is C22H28F6O2. The third-order valence-electron chi connectivity index (χ3n) is 5.73. The number of hydrogen-bond donors (Lipinski definition) is 0. The third kappa shape index (κ3) is 6.38. The largest absolute Gasteiger partial charge is 0.453 e. The van der Waals surface area contributed by atoms with Crippen molar-refractivity contribution in [3.8, 4) is 5.75 Å². The zero-order chi connectivity index (χ0) is 22.4. The van der Waals surface area contributed by atoms with Gasteiger partial charge in [0.2, 0.25) is 0 Å². The molecule has 0 radical (unpaired) electrons. The summed E-state index contributed by atoms with van der Waals surface area (Å²) in [4.78, 5) is 12.2. The topological polar surface area (TPSA) is 26.3 Å². The number of carbonyl (C=O) groups is 1. The highest BCUT2D eigenvalue weighted by molar-refractivity contribution is 5.75. The van der Waals surface area contributed by atoms with Gasteiger partial charge in [0.15, 0.2) is 11.6 Å². The molecule has 0 spiro atoms. The van der Waals surface area contributed by atoms with Crippen molar-refractivity contribution in [2.24, 2.45) is 11.8 Å². The van der Waals surface area contributed by atoms with Gasteiger partial charge in [-0.15, -0.1) is 0 Å². The van der Waals surface area contributed by atoms with Crippen LogP contribution >= 0.6 is 0 Å². The molecule has 0 N–H and O–H groups in total. The lowest BCUT2D eigenvalue weighted by atomic mass is 9.78. The Balaban J connectivity index is 1.85. The summed E-state index contributed by atoms with van der Waals surface area (Å²) in [5, 5.41) is 0. The Kier molecular flexibility index (Phi) is 8.62. The third-order valence-corrected chi connectivity index (χ3v) is 5.73. The molecule has 30 heavy (non-hydrogen) atoms. The standard InChI is InChI=1S/C22H28F6O2/c1-2-3-4-5-6-7-15-8-13-19(18(23)14-15)30-20(29)16-9-11-17(12-10-16)21(24,25)22(26,27)28/h8,13-14,16-17H,2-7,9-12H2,1H3/t16-,17-. The molecule has 2 rings (SSSR count). The maximum atomic E-state index is 14.3. The van der Waals surface area contributed by atoms with Crippen LogP contribution in [0.25, 0.3) is 0 Å². The van der Waals surface area contributed by atoms with Gasteiger partial charge in [0.05, 0.1) is 5.92 Å². The van der Waals surface area contributed by atoms with Crippen LogP contribution in [0.3, 0.4) is 0 Å². The second kappa shape index (κ2) is 10.5. The summed E-state index contributed by atoms with van der Waals surface area (Å²) in [6.07, 6.45) is -0.631. The van der Waals surface area contributed by atoms with Crippen molar-refractivity contribution in [3.63, 3.8) is 0 Å². The van der Waals surface area contributed by atoms with E-state index >= 15 is 0 Å². The second-order valence-electron chi connectivity index (χ2n) is 8.02. The number of halogens is 6. The minimum atomic E-state index is -5.61. The average molecular weight is 438 g/mol. The monoisotopic (exact) mass is 438 g/mol. The number of ether oxygens (including phenoxy) is 1. The summed E-state index contributed by atoms with van der Waals surface area (Å²) in [5.41, 5.74) is 0.790. The Bertz CT molecular complexity index is 693. The van der Waals surface area contributed by atoms with Crippen LogP contribution in [-0.2, 0) is 11.2 Å². The first-order valence-electron chi connectivity index (χ1n) is 10.5. The number of hydrogen-bond acceptors (Lipinski definition) is 2. The van der Waals surface area contributed by atoms with Crippen LogP contribution in [0.1, 0.15) is 70.3 Å². The van der Waals surface area contributed by atoms with Gasteiger partial charge in [0, 0.05) is 5.92 Å². The van der Waals surface area contributed by atoms with E-state index in [1.165, 1.54) is 18.6 Å². The molecule has 1 saturated carbocycles. The molecule has 1 aliphatic rings. The Morgan fingerprint density at radius 3 is 2.20 bits per heavy atom. The van der Waals surface area contributed by atoms with E-state index in [1.54, 1.807) is 6.07 Å². The van der Waals surface area contributed by atoms with E-state index in [9.17, 15) is 31.1 Å². The fourth-order valence-corrected chi connectivity index (χ4v) is 3.83. The summed E-state index contributed by atoms with van der Waals surface area (Å²) in [6.45, 7) is 2.12. The van der Waals surface area contributed by atoms with E-state index in [4.69, 9.17) is 4.74 Å². The molecule has 0 unspecified atom stereocenters. The van der Waals surface area contributed by atoms with Crippen LogP contribution in [0.2, 0.25) is 0 Å². The number of benzene rings is 1. The first kappa shape index (κ1) is 24.5. The van der Waals surface area contributed by atoms with Crippen LogP contribution in [0.5, 0.6) is 5.75 Å². The summed E-state index contributed by atoms with van der Waals surface area (Å²) in [7, 11) is 0. The number of aryl methyl sites for hydroxylation is 1. The molecule has 170 valence electrons. The van der Waals surface area contributed by atoms with E-state index in [1.807, 2.05) is 0 Å². The Morgan fingerprint density at radius 2 is 1.63 bits per heavy atom. The van der Waals surface area contributed by atoms with Gasteiger partial charge < -0.3 is 4.74 Å². The van der Waals surface area contributed by atoms with Crippen LogP contribution in [0, 0.1) is 17.7 Å². The van der Waals surface area contributed by atoms with Crippen molar-refractivity contribution in [2.75, 3.05) is 0 Å². The fraction of sp³-hybridized carbons (Fsp3) is 0.682. The SMILES string of the molecule is CCCCCCCc1ccc(OC(=O)[C@H]2CC[C@H](C(F)(F)C(F)(F)F)CC2)c(F)c1. The zero-order valence-corrected chi connectivity index (χ0v) is 17.0. The quantitative estimate of drug-likeness (QED) is 0.176. The van der Waals surface area contributed by atoms with E-state index in [0.29, 0.717) is 6.42 Å². The molecule has 1 aromatic rings. The van der Waals surface area contributed by atoms with Crippen LogP contribution in [0.15, 0.2) is 18.2 Å². The van der Waals surface area contributed by atoms with E-state index in [-0.39, 0.29) is 18.6 Å². The van der Waals surface area contributed by atoms with Crippen molar-refractivity contribution in [1.29, 1.82) is 0 Å². The van der Waals surface area contributed by atoms with Crippen LogP contribution in [-0.4, -0.2) is 18.1 Å². The predicted molar refractivity (Wildman–Crippen MR) is 101 cm³/mol. The Hall–Kier alpha value is -1.73. The predicted octanol–water partition coefficient (Wildman–Crippen LogP) is 7.25. The van der Waals surface area contributed by atoms with Crippen LogP contribution in [0.4, 0.5) is 26.3 Å². The van der Waals surface area contributed by atoms with Crippen LogP contribution < -0.4 is 4.74 Å². The minimum absolute atomic E-state index is 0.146. The smallest absolute Gasteiger partial charge is 0.423 e. The van der Waals surface area contributed by atoms with Crippen molar-refractivity contribution >= 4 is 5.97 Å². The van der Waals surface area contributed by atoms with Crippen molar-refractivity contribution in [1.82, 2.24) is 0 Å². The summed E-state index contributed by atoms with van der Waals surface area (Å²) in [6, 6.07) is 4.34. The molecule has 1 aliphatic carbocycles. The van der Waals surface area contributed by atoms with Gasteiger partial charge in [-0.1, -0.05) is 38.7 Å². The van der Waals surface area contributed by atoms with Crippen molar-refractivity contribution < 1.29 is 35.9 Å². The Morgan fingerprint density at radius 1 is 1.00 bits per heavy atom. The van der Waals surface area contributed by atoms with Gasteiger partial charge in [-0.3, -0.25) is 4.79 Å². The lowest BCUT2D eigenvalue weighted by Gasteiger charge is -2.33. The van der Waals surface area contributed by atoms with Gasteiger partial charge in [-0.25, -0.2) is 4.39 Å². The second-order valence-corrected chi connectivity index (χ2v) is 8.02. The fourth-order valence-electron chi connectivity index (χ4n) is 3.83. The van der Waals surface area contributed by atoms with E-state index in [2.05, 4.69) is 6.92 Å². The first-order chi connectivity index (χ1) is 14.1. The number of carbonyl (C=O) groups excluding carboxylic acids is 1. The molecule has 0 atom stereocenters. The number of rotatable bonds is 9. The molecular weight excluding hydrogens is 410 g/mol. The first-order valence-corrected chi connectivity index (χ1v) is 10.5. The maximum absolute atomic E-state index is 14.3. The van der Waals surface area contributed by atoms with Gasteiger partial charge in [-0.2, -0.15) is 22.0 Å². The average Bonchev–Trinajstić information content (AvgIpc) is 2.69. The maximum Gasteiger partial charge on any atom is 0.453 e. The molecule has 0 amide bonds. The molecule has 0 saturated heterocycles. The van der Waals surface area contributed by atoms with E-state index < -0.39 is 48.6 Å². The van der Waals surface area contributed by atoms with Crippen molar-refractivity contribution in [3.05, 3.63) is 29.6 Å². The molecule has 1 fully saturated rings. The molecule has 2 nitrogen and oxygen atoms in total. The van der Waals surface area contributed by atoms with Gasteiger partial charge >= 0.3 is 18.1 Å². The molecule has 0 aromatic heterocycles. The van der Waals surface area contributed by atoms with E-state index in [0.717, 1.165) is 31.2 Å². The highest BCUT2D eigenvalue weighted by atomic mass is 19.4. The zero-order valence-electron chi connectivity index (χ0n) is 17.0. The highest BCUT2D eigenvalue weighted by Crippen LogP contribution is 2.47. The normalized spacial score (nSPS) is 20.2.